The van der Waals surface area contributed by atoms with Crippen LogP contribution in [-0.4, -0.2) is 66.1 Å². The van der Waals surface area contributed by atoms with Crippen molar-refractivity contribution in [2.75, 3.05) is 38.5 Å². The summed E-state index contributed by atoms with van der Waals surface area (Å²) < 4.78 is 0. The summed E-state index contributed by atoms with van der Waals surface area (Å²) in [5.41, 5.74) is 2.49. The highest BCUT2D eigenvalue weighted by Gasteiger charge is 2.35. The maximum absolute atomic E-state index is 13.2. The van der Waals surface area contributed by atoms with Crippen molar-refractivity contribution >= 4 is 23.6 Å². The number of likely N-dealkylation sites (tertiary alicyclic amines) is 1. The van der Waals surface area contributed by atoms with Gasteiger partial charge in [-0.25, -0.2) is 0 Å². The molecule has 6 heteroatoms. The van der Waals surface area contributed by atoms with Crippen LogP contribution in [0.3, 0.4) is 0 Å². The van der Waals surface area contributed by atoms with Crippen LogP contribution in [0.1, 0.15) is 29.2 Å². The van der Waals surface area contributed by atoms with Gasteiger partial charge < -0.3 is 15.1 Å². The van der Waals surface area contributed by atoms with Crippen molar-refractivity contribution in [2.45, 2.75) is 30.6 Å². The van der Waals surface area contributed by atoms with Crippen molar-refractivity contribution < 1.29 is 9.59 Å². The molecular weight excluding hydrogens is 334 g/mol. The number of benzene rings is 1. The van der Waals surface area contributed by atoms with Gasteiger partial charge in [0.05, 0.1) is 6.54 Å². The number of hydrogen-bond acceptors (Lipinski definition) is 4. The summed E-state index contributed by atoms with van der Waals surface area (Å²) in [5.74, 6) is 1.40. The number of carbonyl (C=O) groups excluding carboxylic acids is 2. The van der Waals surface area contributed by atoms with E-state index in [4.69, 9.17) is 0 Å². The molecule has 0 aliphatic carbocycles. The third-order valence-corrected chi connectivity index (χ3v) is 6.72. The fourth-order valence-corrected chi connectivity index (χ4v) is 5.46. The number of piperazine rings is 1. The van der Waals surface area contributed by atoms with Gasteiger partial charge in [-0.15, -0.1) is 11.8 Å². The first-order valence-corrected chi connectivity index (χ1v) is 10.3. The molecule has 0 saturated carbocycles. The van der Waals surface area contributed by atoms with Gasteiger partial charge in [-0.1, -0.05) is 24.3 Å². The Kier molecular flexibility index (Phi) is 4.99. The van der Waals surface area contributed by atoms with E-state index in [1.54, 1.807) is 11.8 Å². The SMILES string of the molecule is O=C(C1SCCc2ccccc21)N1CCCC(N2CCNCC2=O)C1. The molecule has 0 radical (unpaired) electrons. The van der Waals surface area contributed by atoms with Gasteiger partial charge in [0.15, 0.2) is 0 Å². The Bertz CT molecular complexity index is 666. The summed E-state index contributed by atoms with van der Waals surface area (Å²) in [5, 5.41) is 3.04. The quantitative estimate of drug-likeness (QED) is 0.868. The molecule has 3 aliphatic rings. The Morgan fingerprint density at radius 2 is 2.12 bits per heavy atom. The topological polar surface area (TPSA) is 52.7 Å². The number of rotatable bonds is 2. The van der Waals surface area contributed by atoms with E-state index in [-0.39, 0.29) is 23.1 Å². The summed E-state index contributed by atoms with van der Waals surface area (Å²) in [4.78, 5) is 29.4. The van der Waals surface area contributed by atoms with Crippen LogP contribution in [0.15, 0.2) is 24.3 Å². The zero-order chi connectivity index (χ0) is 17.2. The first-order chi connectivity index (χ1) is 12.2. The summed E-state index contributed by atoms with van der Waals surface area (Å²) in [6.45, 7) is 3.53. The van der Waals surface area contributed by atoms with E-state index in [1.165, 1.54) is 11.1 Å². The van der Waals surface area contributed by atoms with Crippen molar-refractivity contribution in [1.82, 2.24) is 15.1 Å². The van der Waals surface area contributed by atoms with E-state index in [0.717, 1.165) is 44.6 Å². The van der Waals surface area contributed by atoms with E-state index in [9.17, 15) is 9.59 Å². The van der Waals surface area contributed by atoms with E-state index in [0.29, 0.717) is 13.1 Å². The Morgan fingerprint density at radius 3 is 3.00 bits per heavy atom. The predicted molar refractivity (Wildman–Crippen MR) is 99.5 cm³/mol. The molecule has 1 N–H and O–H groups in total. The molecular formula is C19H25N3O2S. The Labute approximate surface area is 153 Å². The summed E-state index contributed by atoms with van der Waals surface area (Å²) >= 11 is 1.76. The standard InChI is InChI=1S/C19H25N3O2S/c23-17-12-20-8-10-22(17)15-5-3-9-21(13-15)19(24)18-16-6-2-1-4-14(16)7-11-25-18/h1-2,4,6,15,18,20H,3,5,7-13H2. The lowest BCUT2D eigenvalue weighted by Gasteiger charge is -2.42. The smallest absolute Gasteiger partial charge is 0.240 e. The molecule has 2 amide bonds. The van der Waals surface area contributed by atoms with Crippen LogP contribution in [0.4, 0.5) is 0 Å². The molecule has 2 atom stereocenters. The van der Waals surface area contributed by atoms with E-state index < -0.39 is 0 Å². The van der Waals surface area contributed by atoms with E-state index in [2.05, 4.69) is 23.5 Å². The molecule has 3 aliphatic heterocycles. The van der Waals surface area contributed by atoms with Gasteiger partial charge in [-0.2, -0.15) is 0 Å². The lowest BCUT2D eigenvalue weighted by atomic mass is 9.98. The fourth-order valence-electron chi connectivity index (χ4n) is 4.18. The summed E-state index contributed by atoms with van der Waals surface area (Å²) in [7, 11) is 0. The first-order valence-electron chi connectivity index (χ1n) is 9.22. The summed E-state index contributed by atoms with van der Waals surface area (Å²) in [6.07, 6.45) is 3.03. The molecule has 4 rings (SSSR count). The molecule has 25 heavy (non-hydrogen) atoms. The van der Waals surface area contributed by atoms with Gasteiger partial charge in [0, 0.05) is 32.2 Å². The maximum atomic E-state index is 13.2. The number of carbonyl (C=O) groups is 2. The number of piperidine rings is 1. The minimum atomic E-state index is -0.0811. The second-order valence-electron chi connectivity index (χ2n) is 7.04. The second kappa shape index (κ2) is 7.38. The first kappa shape index (κ1) is 16.9. The highest BCUT2D eigenvalue weighted by Crippen LogP contribution is 2.38. The zero-order valence-corrected chi connectivity index (χ0v) is 15.3. The number of thioether (sulfide) groups is 1. The van der Waals surface area contributed by atoms with Gasteiger partial charge >= 0.3 is 0 Å². The number of nitrogens with zero attached hydrogens (tertiary/aromatic N) is 2. The normalized spacial score (nSPS) is 27.1. The molecule has 134 valence electrons. The highest BCUT2D eigenvalue weighted by molar-refractivity contribution is 8.00. The second-order valence-corrected chi connectivity index (χ2v) is 8.26. The maximum Gasteiger partial charge on any atom is 0.240 e. The van der Waals surface area contributed by atoms with Gasteiger partial charge in [0.1, 0.15) is 5.25 Å². The largest absolute Gasteiger partial charge is 0.339 e. The molecule has 2 saturated heterocycles. The Morgan fingerprint density at radius 1 is 1.24 bits per heavy atom. The van der Waals surface area contributed by atoms with Crippen molar-refractivity contribution in [3.8, 4) is 0 Å². The van der Waals surface area contributed by atoms with Crippen molar-refractivity contribution in [2.24, 2.45) is 0 Å². The van der Waals surface area contributed by atoms with E-state index in [1.807, 2.05) is 15.9 Å². The van der Waals surface area contributed by atoms with Gasteiger partial charge in [-0.3, -0.25) is 9.59 Å². The van der Waals surface area contributed by atoms with Crippen LogP contribution < -0.4 is 5.32 Å². The minimum absolute atomic E-state index is 0.0811. The van der Waals surface area contributed by atoms with Crippen LogP contribution in [0.5, 0.6) is 0 Å². The van der Waals surface area contributed by atoms with Crippen molar-refractivity contribution in [1.29, 1.82) is 0 Å². The third kappa shape index (κ3) is 3.42. The average Bonchev–Trinajstić information content (AvgIpc) is 2.67. The Balaban J connectivity index is 1.48. The molecule has 1 aromatic carbocycles. The van der Waals surface area contributed by atoms with Crippen molar-refractivity contribution in [3.63, 3.8) is 0 Å². The molecule has 5 nitrogen and oxygen atoms in total. The molecule has 0 spiro atoms. The van der Waals surface area contributed by atoms with Crippen molar-refractivity contribution in [3.05, 3.63) is 35.4 Å². The number of aryl methyl sites for hydroxylation is 1. The van der Waals surface area contributed by atoms with Gasteiger partial charge in [0.25, 0.3) is 0 Å². The van der Waals surface area contributed by atoms with Gasteiger partial charge in [0.2, 0.25) is 11.8 Å². The lowest BCUT2D eigenvalue weighted by molar-refractivity contribution is -0.140. The lowest BCUT2D eigenvalue weighted by Crippen LogP contribution is -2.57. The Hall–Kier alpha value is -1.53. The third-order valence-electron chi connectivity index (χ3n) is 5.49. The van der Waals surface area contributed by atoms with Crippen LogP contribution >= 0.6 is 11.8 Å². The van der Waals surface area contributed by atoms with E-state index >= 15 is 0 Å². The highest BCUT2D eigenvalue weighted by atomic mass is 32.2. The minimum Gasteiger partial charge on any atom is -0.339 e. The summed E-state index contributed by atoms with van der Waals surface area (Å²) in [6, 6.07) is 8.52. The molecule has 1 aromatic rings. The molecule has 0 aromatic heterocycles. The number of nitrogens with one attached hydrogen (secondary N) is 1. The number of amides is 2. The predicted octanol–water partition coefficient (Wildman–Crippen LogP) is 1.44. The van der Waals surface area contributed by atoms with Crippen LogP contribution in [-0.2, 0) is 16.0 Å². The molecule has 3 heterocycles. The van der Waals surface area contributed by atoms with Crippen LogP contribution in [0, 0.1) is 0 Å². The number of hydrogen-bond donors (Lipinski definition) is 1. The molecule has 2 fully saturated rings. The number of fused-ring (bicyclic) bond motifs is 1. The van der Waals surface area contributed by atoms with Gasteiger partial charge in [-0.05, 0) is 36.1 Å². The molecule has 0 bridgehead atoms. The van der Waals surface area contributed by atoms with Crippen LogP contribution in [0.25, 0.3) is 0 Å². The van der Waals surface area contributed by atoms with Crippen LogP contribution in [0.2, 0.25) is 0 Å². The average molecular weight is 359 g/mol. The fraction of sp³-hybridized carbons (Fsp3) is 0.579. The molecule has 2 unspecified atom stereocenters. The monoisotopic (exact) mass is 359 g/mol. The zero-order valence-electron chi connectivity index (χ0n) is 14.4.